The Hall–Kier alpha value is -2.78. The third kappa shape index (κ3) is 2.63. The van der Waals surface area contributed by atoms with Crippen LogP contribution in [0.4, 0.5) is 0 Å². The van der Waals surface area contributed by atoms with Gasteiger partial charge in [-0.15, -0.1) is 12.6 Å². The van der Waals surface area contributed by atoms with Crippen molar-refractivity contribution in [3.63, 3.8) is 0 Å². The maximum atomic E-state index is 4.76. The molecular formula is C21H16N2S. The van der Waals surface area contributed by atoms with Crippen LogP contribution in [0.15, 0.2) is 96.2 Å². The fourth-order valence-corrected chi connectivity index (χ4v) is 3.21. The lowest BCUT2D eigenvalue weighted by Gasteiger charge is -2.11. The summed E-state index contributed by atoms with van der Waals surface area (Å²) in [7, 11) is 0. The molecule has 2 nitrogen and oxygen atoms in total. The SMILES string of the molecule is Sc1nc(-c2ccccc2)c(-c2ccccc2)n1-c1ccccc1. The summed E-state index contributed by atoms with van der Waals surface area (Å²) in [6.07, 6.45) is 0. The first-order valence-electron chi connectivity index (χ1n) is 7.82. The van der Waals surface area contributed by atoms with Gasteiger partial charge in [0.15, 0.2) is 5.16 Å². The van der Waals surface area contributed by atoms with E-state index < -0.39 is 0 Å². The number of benzene rings is 3. The molecule has 0 saturated carbocycles. The average Bonchev–Trinajstić information content (AvgIpc) is 3.01. The van der Waals surface area contributed by atoms with Gasteiger partial charge < -0.3 is 0 Å². The van der Waals surface area contributed by atoms with Gasteiger partial charge in [-0.3, -0.25) is 4.57 Å². The first-order chi connectivity index (χ1) is 11.8. The van der Waals surface area contributed by atoms with Crippen LogP contribution < -0.4 is 0 Å². The van der Waals surface area contributed by atoms with Gasteiger partial charge in [0.1, 0.15) is 0 Å². The van der Waals surface area contributed by atoms with E-state index in [1.165, 1.54) is 0 Å². The van der Waals surface area contributed by atoms with Crippen LogP contribution in [-0.2, 0) is 0 Å². The molecule has 0 saturated heterocycles. The Balaban J connectivity index is 2.03. The van der Waals surface area contributed by atoms with E-state index in [2.05, 4.69) is 53.6 Å². The standard InChI is InChI=1S/C21H16N2S/c24-21-22-19(16-10-4-1-5-11-16)20(17-12-6-2-7-13-17)23(21)18-14-8-3-9-15-18/h1-15H,(H,22,24). The molecule has 0 unspecified atom stereocenters. The van der Waals surface area contributed by atoms with Crippen molar-refractivity contribution in [1.29, 1.82) is 0 Å². The van der Waals surface area contributed by atoms with Gasteiger partial charge in [-0.2, -0.15) is 0 Å². The van der Waals surface area contributed by atoms with Gasteiger partial charge >= 0.3 is 0 Å². The minimum atomic E-state index is 0.680. The molecule has 0 spiro atoms. The summed E-state index contributed by atoms with van der Waals surface area (Å²) in [6.45, 7) is 0. The maximum absolute atomic E-state index is 4.76. The Kier molecular flexibility index (Phi) is 3.93. The molecule has 0 fully saturated rings. The predicted octanol–water partition coefficient (Wildman–Crippen LogP) is 5.50. The Morgan fingerprint density at radius 3 is 1.71 bits per heavy atom. The number of imidazole rings is 1. The van der Waals surface area contributed by atoms with Crippen LogP contribution in [0.2, 0.25) is 0 Å². The van der Waals surface area contributed by atoms with Crippen molar-refractivity contribution in [2.24, 2.45) is 0 Å². The highest BCUT2D eigenvalue weighted by Crippen LogP contribution is 2.35. The van der Waals surface area contributed by atoms with Crippen molar-refractivity contribution in [3.8, 4) is 28.2 Å². The second-order valence-electron chi connectivity index (χ2n) is 5.51. The number of hydrogen-bond acceptors (Lipinski definition) is 2. The Labute approximate surface area is 146 Å². The molecule has 4 aromatic rings. The zero-order chi connectivity index (χ0) is 16.4. The summed E-state index contributed by atoms with van der Waals surface area (Å²) in [5, 5.41) is 0.680. The van der Waals surface area contributed by atoms with Crippen LogP contribution in [0.3, 0.4) is 0 Å². The molecule has 24 heavy (non-hydrogen) atoms. The van der Waals surface area contributed by atoms with E-state index >= 15 is 0 Å². The van der Waals surface area contributed by atoms with Gasteiger partial charge in [0, 0.05) is 16.8 Å². The van der Waals surface area contributed by atoms with Gasteiger partial charge in [-0.05, 0) is 12.1 Å². The van der Waals surface area contributed by atoms with Crippen molar-refractivity contribution >= 4 is 12.6 Å². The molecule has 0 bridgehead atoms. The second-order valence-corrected chi connectivity index (χ2v) is 5.91. The van der Waals surface area contributed by atoms with Gasteiger partial charge in [0.05, 0.1) is 11.4 Å². The van der Waals surface area contributed by atoms with E-state index in [4.69, 9.17) is 4.98 Å². The van der Waals surface area contributed by atoms with Crippen LogP contribution in [0.1, 0.15) is 0 Å². The van der Waals surface area contributed by atoms with Gasteiger partial charge in [-0.1, -0.05) is 78.9 Å². The van der Waals surface area contributed by atoms with Crippen molar-refractivity contribution in [2.75, 3.05) is 0 Å². The molecule has 0 aliphatic carbocycles. The average molecular weight is 328 g/mol. The van der Waals surface area contributed by atoms with Gasteiger partial charge in [0.2, 0.25) is 0 Å². The maximum Gasteiger partial charge on any atom is 0.170 e. The highest BCUT2D eigenvalue weighted by atomic mass is 32.1. The summed E-state index contributed by atoms with van der Waals surface area (Å²) in [5.74, 6) is 0. The topological polar surface area (TPSA) is 17.8 Å². The molecule has 116 valence electrons. The summed E-state index contributed by atoms with van der Waals surface area (Å²) < 4.78 is 2.10. The molecule has 0 N–H and O–H groups in total. The number of aromatic nitrogens is 2. The zero-order valence-corrected chi connectivity index (χ0v) is 13.9. The van der Waals surface area contributed by atoms with Crippen molar-refractivity contribution in [2.45, 2.75) is 5.16 Å². The van der Waals surface area contributed by atoms with Crippen LogP contribution in [0.5, 0.6) is 0 Å². The molecule has 0 radical (unpaired) electrons. The largest absolute Gasteiger partial charge is 0.287 e. The molecule has 3 heteroatoms. The molecule has 4 rings (SSSR count). The normalized spacial score (nSPS) is 10.7. The number of rotatable bonds is 3. The van der Waals surface area contributed by atoms with Crippen LogP contribution in [0.25, 0.3) is 28.2 Å². The lowest BCUT2D eigenvalue weighted by molar-refractivity contribution is 0.907. The van der Waals surface area contributed by atoms with Crippen molar-refractivity contribution in [3.05, 3.63) is 91.0 Å². The molecule has 0 aliphatic heterocycles. The Morgan fingerprint density at radius 2 is 1.12 bits per heavy atom. The molecule has 1 aromatic heterocycles. The van der Waals surface area contributed by atoms with Crippen molar-refractivity contribution < 1.29 is 0 Å². The lowest BCUT2D eigenvalue weighted by atomic mass is 10.0. The zero-order valence-electron chi connectivity index (χ0n) is 13.0. The fourth-order valence-electron chi connectivity index (χ4n) is 2.89. The minimum absolute atomic E-state index is 0.680. The minimum Gasteiger partial charge on any atom is -0.287 e. The summed E-state index contributed by atoms with van der Waals surface area (Å²) >= 11 is 4.65. The Morgan fingerprint density at radius 1 is 0.625 bits per heavy atom. The fraction of sp³-hybridized carbons (Fsp3) is 0. The van der Waals surface area contributed by atoms with E-state index in [-0.39, 0.29) is 0 Å². The second kappa shape index (κ2) is 6.38. The number of nitrogens with zero attached hydrogens (tertiary/aromatic N) is 2. The lowest BCUT2D eigenvalue weighted by Crippen LogP contribution is -1.97. The highest BCUT2D eigenvalue weighted by molar-refractivity contribution is 7.80. The van der Waals surface area contributed by atoms with Crippen molar-refractivity contribution in [1.82, 2.24) is 9.55 Å². The molecule has 1 heterocycles. The number of hydrogen-bond donors (Lipinski definition) is 1. The molecule has 0 atom stereocenters. The van der Waals surface area contributed by atoms with Gasteiger partial charge in [-0.25, -0.2) is 4.98 Å². The Bertz CT molecular complexity index is 945. The summed E-state index contributed by atoms with van der Waals surface area (Å²) in [4.78, 5) is 4.76. The van der Waals surface area contributed by atoms with Crippen LogP contribution >= 0.6 is 12.6 Å². The van der Waals surface area contributed by atoms with Gasteiger partial charge in [0.25, 0.3) is 0 Å². The first-order valence-corrected chi connectivity index (χ1v) is 8.27. The quantitative estimate of drug-likeness (QED) is 0.492. The predicted molar refractivity (Wildman–Crippen MR) is 102 cm³/mol. The van der Waals surface area contributed by atoms with E-state index in [1.54, 1.807) is 0 Å². The smallest absolute Gasteiger partial charge is 0.170 e. The third-order valence-corrected chi connectivity index (χ3v) is 4.27. The first kappa shape index (κ1) is 14.8. The van der Waals surface area contributed by atoms with E-state index in [0.29, 0.717) is 5.16 Å². The summed E-state index contributed by atoms with van der Waals surface area (Å²) in [5.41, 5.74) is 5.25. The van der Waals surface area contributed by atoms with Crippen LogP contribution in [0, 0.1) is 0 Å². The number of para-hydroxylation sites is 1. The van der Waals surface area contributed by atoms with E-state index in [1.807, 2.05) is 54.6 Å². The molecule has 0 aliphatic rings. The highest BCUT2D eigenvalue weighted by Gasteiger charge is 2.19. The van der Waals surface area contributed by atoms with E-state index in [0.717, 1.165) is 28.2 Å². The number of thiol groups is 1. The molecular weight excluding hydrogens is 312 g/mol. The summed E-state index contributed by atoms with van der Waals surface area (Å²) in [6, 6.07) is 30.8. The van der Waals surface area contributed by atoms with Crippen LogP contribution in [-0.4, -0.2) is 9.55 Å². The molecule has 0 amide bonds. The van der Waals surface area contributed by atoms with E-state index in [9.17, 15) is 0 Å². The monoisotopic (exact) mass is 328 g/mol. The molecule has 3 aromatic carbocycles. The third-order valence-electron chi connectivity index (χ3n) is 3.97.